The number of aryl methyl sites for hydroxylation is 1. The number of nitrogens with zero attached hydrogens (tertiary/aromatic N) is 3. The number of ketones is 1. The zero-order valence-corrected chi connectivity index (χ0v) is 21.7. The fraction of sp³-hybridized carbons (Fsp3) is 0.179. The SMILES string of the molecule is COc1cn(C(Cc2cc(C)on2)C(=O)Cc2ccc(C(N)=O)c(F)c2)c(=O)cc1-c1cc(Cl)ccc1C#N. The van der Waals surface area contributed by atoms with Gasteiger partial charge < -0.3 is 19.6 Å². The molecule has 1 amide bonds. The first-order valence-corrected chi connectivity index (χ1v) is 12.0. The smallest absolute Gasteiger partial charge is 0.252 e. The van der Waals surface area contributed by atoms with Crippen LogP contribution in [0.15, 0.2) is 64.0 Å². The summed E-state index contributed by atoms with van der Waals surface area (Å²) in [7, 11) is 1.39. The highest BCUT2D eigenvalue weighted by Gasteiger charge is 2.26. The van der Waals surface area contributed by atoms with Crippen LogP contribution in [-0.2, 0) is 17.6 Å². The van der Waals surface area contributed by atoms with Crippen molar-refractivity contribution in [2.24, 2.45) is 5.73 Å². The highest BCUT2D eigenvalue weighted by Crippen LogP contribution is 2.33. The average Bonchev–Trinajstić information content (AvgIpc) is 3.31. The van der Waals surface area contributed by atoms with Crippen molar-refractivity contribution >= 4 is 23.3 Å². The molecule has 2 N–H and O–H groups in total. The van der Waals surface area contributed by atoms with Crippen molar-refractivity contribution in [3.05, 3.63) is 104 Å². The molecule has 0 bridgehead atoms. The van der Waals surface area contributed by atoms with Crippen LogP contribution in [0.4, 0.5) is 4.39 Å². The van der Waals surface area contributed by atoms with Crippen LogP contribution >= 0.6 is 11.6 Å². The number of benzene rings is 2. The van der Waals surface area contributed by atoms with Gasteiger partial charge in [0.25, 0.3) is 11.5 Å². The molecule has 2 aromatic heterocycles. The Hall–Kier alpha value is -4.75. The Morgan fingerprint density at radius 3 is 2.59 bits per heavy atom. The molecular weight excluding hydrogens is 527 g/mol. The highest BCUT2D eigenvalue weighted by molar-refractivity contribution is 6.31. The van der Waals surface area contributed by atoms with E-state index in [2.05, 4.69) is 11.2 Å². The minimum absolute atomic E-state index is 0.00104. The van der Waals surface area contributed by atoms with Crippen LogP contribution in [0, 0.1) is 24.1 Å². The fourth-order valence-corrected chi connectivity index (χ4v) is 4.42. The number of Topliss-reactive ketones (excluding diaryl/α,β-unsaturated/α-hetero) is 1. The van der Waals surface area contributed by atoms with Crippen LogP contribution in [0.1, 0.15) is 39.0 Å². The van der Waals surface area contributed by atoms with Gasteiger partial charge in [-0.2, -0.15) is 5.26 Å². The van der Waals surface area contributed by atoms with E-state index in [0.717, 1.165) is 6.07 Å². The van der Waals surface area contributed by atoms with Crippen LogP contribution in [-0.4, -0.2) is 28.5 Å². The molecule has 2 heterocycles. The van der Waals surface area contributed by atoms with Crippen molar-refractivity contribution in [2.45, 2.75) is 25.8 Å². The first kappa shape index (κ1) is 27.3. The summed E-state index contributed by atoms with van der Waals surface area (Å²) in [6.45, 7) is 1.69. The lowest BCUT2D eigenvalue weighted by Crippen LogP contribution is -2.32. The molecule has 39 heavy (non-hydrogen) atoms. The van der Waals surface area contributed by atoms with Crippen molar-refractivity contribution in [3.8, 4) is 22.9 Å². The van der Waals surface area contributed by atoms with Gasteiger partial charge in [-0.15, -0.1) is 0 Å². The Balaban J connectivity index is 1.79. The third kappa shape index (κ3) is 5.89. The molecule has 0 aliphatic carbocycles. The molecule has 1 atom stereocenters. The summed E-state index contributed by atoms with van der Waals surface area (Å²) in [4.78, 5) is 38.4. The molecule has 0 saturated heterocycles. The molecular formula is C28H22ClFN4O5. The number of carbonyl (C=O) groups excluding carboxylic acids is 2. The maximum Gasteiger partial charge on any atom is 0.252 e. The molecule has 2 aromatic carbocycles. The number of ether oxygens (including phenoxy) is 1. The predicted molar refractivity (Wildman–Crippen MR) is 140 cm³/mol. The van der Waals surface area contributed by atoms with Gasteiger partial charge in [-0.25, -0.2) is 4.39 Å². The van der Waals surface area contributed by atoms with E-state index in [9.17, 15) is 24.0 Å². The average molecular weight is 549 g/mol. The summed E-state index contributed by atoms with van der Waals surface area (Å²) in [6, 6.07) is 12.2. The zero-order chi connectivity index (χ0) is 28.3. The lowest BCUT2D eigenvalue weighted by molar-refractivity contribution is -0.121. The van der Waals surface area contributed by atoms with E-state index in [1.54, 1.807) is 25.1 Å². The largest absolute Gasteiger partial charge is 0.495 e. The Labute approximate surface area is 227 Å². The maximum atomic E-state index is 14.3. The number of nitriles is 1. The monoisotopic (exact) mass is 548 g/mol. The number of methoxy groups -OCH3 is 1. The molecule has 9 nitrogen and oxygen atoms in total. The summed E-state index contributed by atoms with van der Waals surface area (Å²) in [6.07, 6.45) is 1.13. The van der Waals surface area contributed by atoms with Crippen molar-refractivity contribution in [3.63, 3.8) is 0 Å². The molecule has 11 heteroatoms. The standard InChI is InChI=1S/C28H22ClFN4O5/c1-15-7-19(33-39-15)11-24(25(35)9-16-3-6-20(28(32)37)23(30)8-16)34-14-26(38-2)22(12-27(34)36)21-10-18(29)5-4-17(21)13-31/h3-8,10,12,14,24H,9,11H2,1-2H3,(H2,32,37). The first-order valence-electron chi connectivity index (χ1n) is 11.6. The van der Waals surface area contributed by atoms with Crippen LogP contribution in [0.25, 0.3) is 11.1 Å². The molecule has 198 valence electrons. The number of aromatic nitrogens is 2. The van der Waals surface area contributed by atoms with Crippen LogP contribution in [0.5, 0.6) is 5.75 Å². The van der Waals surface area contributed by atoms with Gasteiger partial charge in [0, 0.05) is 41.1 Å². The predicted octanol–water partition coefficient (Wildman–Crippen LogP) is 4.18. The lowest BCUT2D eigenvalue weighted by atomic mass is 9.97. The minimum Gasteiger partial charge on any atom is -0.495 e. The molecule has 0 saturated carbocycles. The van der Waals surface area contributed by atoms with E-state index in [0.29, 0.717) is 27.6 Å². The highest BCUT2D eigenvalue weighted by atomic mass is 35.5. The number of hydrogen-bond donors (Lipinski definition) is 1. The van der Waals surface area contributed by atoms with E-state index < -0.39 is 29.1 Å². The molecule has 4 aromatic rings. The van der Waals surface area contributed by atoms with Gasteiger partial charge in [0.2, 0.25) is 0 Å². The molecule has 1 unspecified atom stereocenters. The third-order valence-electron chi connectivity index (χ3n) is 6.12. The zero-order valence-electron chi connectivity index (χ0n) is 20.9. The second kappa shape index (κ2) is 11.3. The minimum atomic E-state index is -1.07. The molecule has 0 radical (unpaired) electrons. The molecule has 4 rings (SSSR count). The van der Waals surface area contributed by atoms with E-state index in [1.807, 2.05) is 0 Å². The number of rotatable bonds is 9. The topological polar surface area (TPSA) is 141 Å². The second-order valence-corrected chi connectivity index (χ2v) is 9.21. The number of amides is 1. The van der Waals surface area contributed by atoms with Crippen molar-refractivity contribution in [1.82, 2.24) is 9.72 Å². The van der Waals surface area contributed by atoms with Gasteiger partial charge in [0.05, 0.1) is 36.2 Å². The number of pyridine rings is 1. The van der Waals surface area contributed by atoms with Gasteiger partial charge in [-0.05, 0) is 42.8 Å². The van der Waals surface area contributed by atoms with Crippen molar-refractivity contribution in [2.75, 3.05) is 7.11 Å². The fourth-order valence-electron chi connectivity index (χ4n) is 4.25. The quantitative estimate of drug-likeness (QED) is 0.330. The Kier molecular flexibility index (Phi) is 7.93. The number of nitrogens with two attached hydrogens (primary N) is 1. The van der Waals surface area contributed by atoms with E-state index >= 15 is 0 Å². The summed E-state index contributed by atoms with van der Waals surface area (Å²) < 4.78 is 26.2. The van der Waals surface area contributed by atoms with Gasteiger partial charge >= 0.3 is 0 Å². The van der Waals surface area contributed by atoms with Gasteiger partial charge in [0.1, 0.15) is 23.4 Å². The van der Waals surface area contributed by atoms with Gasteiger partial charge in [-0.1, -0.05) is 22.8 Å². The Bertz CT molecular complexity index is 1690. The molecule has 0 aliphatic rings. The van der Waals surface area contributed by atoms with Crippen molar-refractivity contribution in [1.29, 1.82) is 5.26 Å². The Morgan fingerprint density at radius 1 is 1.21 bits per heavy atom. The summed E-state index contributed by atoms with van der Waals surface area (Å²) in [5.41, 5.74) is 6.03. The number of halogens is 2. The number of hydrogen-bond acceptors (Lipinski definition) is 7. The normalized spacial score (nSPS) is 11.6. The van der Waals surface area contributed by atoms with Gasteiger partial charge in [0.15, 0.2) is 5.78 Å². The van der Waals surface area contributed by atoms with Gasteiger partial charge in [-0.3, -0.25) is 14.4 Å². The van der Waals surface area contributed by atoms with E-state index in [4.69, 9.17) is 26.6 Å². The number of primary amides is 1. The summed E-state index contributed by atoms with van der Waals surface area (Å²) in [5, 5.41) is 13.9. The van der Waals surface area contributed by atoms with Crippen LogP contribution in [0.2, 0.25) is 5.02 Å². The van der Waals surface area contributed by atoms with Crippen LogP contribution < -0.4 is 16.0 Å². The second-order valence-electron chi connectivity index (χ2n) is 8.77. The summed E-state index contributed by atoms with van der Waals surface area (Å²) >= 11 is 6.14. The number of carbonyl (C=O) groups is 2. The van der Waals surface area contributed by atoms with Crippen molar-refractivity contribution < 1.29 is 23.2 Å². The first-order chi connectivity index (χ1) is 18.6. The maximum absolute atomic E-state index is 14.3. The lowest BCUT2D eigenvalue weighted by Gasteiger charge is -2.20. The molecule has 0 aliphatic heterocycles. The van der Waals surface area contributed by atoms with Crippen LogP contribution in [0.3, 0.4) is 0 Å². The molecule has 0 spiro atoms. The van der Waals surface area contributed by atoms with E-state index in [1.165, 1.54) is 42.1 Å². The molecule has 0 fully saturated rings. The van der Waals surface area contributed by atoms with E-state index in [-0.39, 0.29) is 35.3 Å². The third-order valence-corrected chi connectivity index (χ3v) is 6.36. The Morgan fingerprint density at radius 2 is 1.97 bits per heavy atom. The summed E-state index contributed by atoms with van der Waals surface area (Å²) in [5.74, 6) is -1.47.